The summed E-state index contributed by atoms with van der Waals surface area (Å²) < 4.78 is 17.8. The fourth-order valence-corrected chi connectivity index (χ4v) is 5.84. The van der Waals surface area contributed by atoms with E-state index in [0.29, 0.717) is 35.4 Å². The third kappa shape index (κ3) is 4.35. The molecule has 0 saturated heterocycles. The van der Waals surface area contributed by atoms with E-state index in [-0.39, 0.29) is 6.61 Å². The Morgan fingerprint density at radius 3 is 2.79 bits per heavy atom. The molecule has 10 heteroatoms. The maximum absolute atomic E-state index is 12.7. The molecular formula is C24H26N6O3S. The number of carbonyl (C=O) groups is 1. The zero-order chi connectivity index (χ0) is 23.7. The van der Waals surface area contributed by atoms with E-state index in [4.69, 9.17) is 26.9 Å². The van der Waals surface area contributed by atoms with E-state index in [2.05, 4.69) is 27.2 Å². The highest BCUT2D eigenvalue weighted by Crippen LogP contribution is 2.39. The topological polar surface area (TPSA) is 123 Å². The molecule has 2 aromatic rings. The van der Waals surface area contributed by atoms with Crippen molar-refractivity contribution in [3.63, 3.8) is 0 Å². The molecule has 1 fully saturated rings. The largest absolute Gasteiger partial charge is 0.447 e. The lowest BCUT2D eigenvalue weighted by molar-refractivity contribution is 0.101. The third-order valence-corrected chi connectivity index (χ3v) is 8.07. The Labute approximate surface area is 200 Å². The van der Waals surface area contributed by atoms with Crippen molar-refractivity contribution in [2.75, 3.05) is 35.7 Å². The summed E-state index contributed by atoms with van der Waals surface area (Å²) in [6, 6.07) is 3.85. The van der Waals surface area contributed by atoms with Crippen molar-refractivity contribution in [3.05, 3.63) is 41.4 Å². The second-order valence-electron chi connectivity index (χ2n) is 8.82. The monoisotopic (exact) mass is 478 g/mol. The van der Waals surface area contributed by atoms with Crippen LogP contribution in [0.5, 0.6) is 0 Å². The molecule has 3 aliphatic rings. The number of terminal acetylenes is 1. The van der Waals surface area contributed by atoms with E-state index in [9.17, 15) is 9.00 Å². The molecule has 4 heterocycles. The van der Waals surface area contributed by atoms with Gasteiger partial charge >= 0.3 is 6.09 Å². The van der Waals surface area contributed by atoms with Crippen LogP contribution in [0.4, 0.5) is 16.6 Å². The second-order valence-corrected chi connectivity index (χ2v) is 10.3. The summed E-state index contributed by atoms with van der Waals surface area (Å²) in [5.74, 6) is 4.31. The van der Waals surface area contributed by atoms with Crippen LogP contribution >= 0.6 is 0 Å². The quantitative estimate of drug-likeness (QED) is 0.606. The number of hydrogen-bond donors (Lipinski definition) is 2. The van der Waals surface area contributed by atoms with Gasteiger partial charge in [-0.3, -0.25) is 9.19 Å². The van der Waals surface area contributed by atoms with E-state index in [1.165, 1.54) is 0 Å². The van der Waals surface area contributed by atoms with Gasteiger partial charge in [0, 0.05) is 37.0 Å². The number of carbonyl (C=O) groups excluding carboxylic acids is 1. The predicted molar refractivity (Wildman–Crippen MR) is 130 cm³/mol. The van der Waals surface area contributed by atoms with Gasteiger partial charge < -0.3 is 20.7 Å². The lowest BCUT2D eigenvalue weighted by Gasteiger charge is -2.42. The molecule has 0 unspecified atom stereocenters. The molecule has 0 aromatic carbocycles. The molecule has 3 N–H and O–H groups in total. The second kappa shape index (κ2) is 9.06. The minimum absolute atomic E-state index is 0.157. The van der Waals surface area contributed by atoms with Crippen molar-refractivity contribution in [1.29, 1.82) is 0 Å². The fourth-order valence-electron chi connectivity index (χ4n) is 4.53. The van der Waals surface area contributed by atoms with Crippen molar-refractivity contribution in [3.8, 4) is 12.3 Å². The van der Waals surface area contributed by atoms with Crippen LogP contribution in [0.3, 0.4) is 0 Å². The lowest BCUT2D eigenvalue weighted by Crippen LogP contribution is -2.50. The number of primary amides is 1. The zero-order valence-electron chi connectivity index (χ0n) is 18.7. The maximum Gasteiger partial charge on any atom is 0.404 e. The molecule has 0 spiro atoms. The SMILES string of the molecule is C#Cc1ccc(C2=CCN(c3nc4c(c(NC5(COC(N)=O)CCC5)n3)[S@](=O)CC4)CC2)nc1. The van der Waals surface area contributed by atoms with Gasteiger partial charge in [0.25, 0.3) is 0 Å². The number of aryl methyl sites for hydroxylation is 1. The molecule has 5 rings (SSSR count). The molecule has 1 amide bonds. The number of nitrogens with zero attached hydrogens (tertiary/aromatic N) is 4. The fraction of sp³-hybridized carbons (Fsp3) is 0.417. The molecule has 2 aliphatic heterocycles. The van der Waals surface area contributed by atoms with Gasteiger partial charge in [-0.1, -0.05) is 12.0 Å². The van der Waals surface area contributed by atoms with Gasteiger partial charge in [0.2, 0.25) is 5.95 Å². The average Bonchev–Trinajstić information content (AvgIpc) is 3.21. The van der Waals surface area contributed by atoms with Crippen LogP contribution in [0, 0.1) is 12.3 Å². The molecule has 9 nitrogen and oxygen atoms in total. The average molecular weight is 479 g/mol. The van der Waals surface area contributed by atoms with E-state index >= 15 is 0 Å². The first-order valence-electron chi connectivity index (χ1n) is 11.3. The van der Waals surface area contributed by atoms with Crippen molar-refractivity contribution >= 4 is 34.2 Å². The standard InChI is InChI=1S/C24H26N6O3S/c1-2-16-4-5-18(26-14-16)17-6-11-30(12-7-17)23-27-19-8-13-34(32)20(19)21(28-23)29-24(9-3-10-24)15-33-22(25)31/h1,4-6,14H,3,7-13,15H2,(H2,25,31)(H,27,28,29)/t34-/m1/s1. The summed E-state index contributed by atoms with van der Waals surface area (Å²) in [5, 5.41) is 3.46. The Bertz CT molecular complexity index is 1220. The van der Waals surface area contributed by atoms with Crippen LogP contribution in [-0.4, -0.2) is 56.2 Å². The van der Waals surface area contributed by atoms with Crippen LogP contribution in [0.25, 0.3) is 5.57 Å². The Balaban J connectivity index is 1.39. The van der Waals surface area contributed by atoms with Gasteiger partial charge in [0.05, 0.1) is 27.7 Å². The lowest BCUT2D eigenvalue weighted by atomic mass is 9.77. The van der Waals surface area contributed by atoms with E-state index in [0.717, 1.165) is 54.8 Å². The van der Waals surface area contributed by atoms with Crippen molar-refractivity contribution in [2.45, 2.75) is 42.5 Å². The molecule has 0 bridgehead atoms. The van der Waals surface area contributed by atoms with Crippen molar-refractivity contribution in [1.82, 2.24) is 15.0 Å². The Kier molecular flexibility index (Phi) is 5.96. The number of rotatable bonds is 6. The number of aromatic nitrogens is 3. The van der Waals surface area contributed by atoms with E-state index < -0.39 is 22.4 Å². The number of anilines is 2. The first kappa shape index (κ1) is 22.3. The number of hydrogen-bond acceptors (Lipinski definition) is 8. The first-order chi connectivity index (χ1) is 16.5. The Morgan fingerprint density at radius 1 is 1.32 bits per heavy atom. The normalized spacial score (nSPS) is 20.5. The highest BCUT2D eigenvalue weighted by atomic mass is 32.2. The molecule has 176 valence electrons. The molecule has 0 radical (unpaired) electrons. The van der Waals surface area contributed by atoms with Gasteiger partial charge in [-0.05, 0) is 43.4 Å². The number of nitrogens with one attached hydrogen (secondary N) is 1. The molecule has 1 atom stereocenters. The molecule has 34 heavy (non-hydrogen) atoms. The summed E-state index contributed by atoms with van der Waals surface area (Å²) in [4.78, 5) is 28.0. The smallest absolute Gasteiger partial charge is 0.404 e. The highest BCUT2D eigenvalue weighted by Gasteiger charge is 2.40. The summed E-state index contributed by atoms with van der Waals surface area (Å²) in [6.45, 7) is 1.54. The number of fused-ring (bicyclic) bond motifs is 1. The van der Waals surface area contributed by atoms with Crippen molar-refractivity contribution < 1.29 is 13.7 Å². The van der Waals surface area contributed by atoms with Gasteiger partial charge in [-0.15, -0.1) is 6.42 Å². The Hall–Kier alpha value is -3.45. The van der Waals surface area contributed by atoms with Gasteiger partial charge in [-0.2, -0.15) is 4.98 Å². The molecule has 2 aromatic heterocycles. The summed E-state index contributed by atoms with van der Waals surface area (Å²) in [5.41, 5.74) is 8.41. The number of pyridine rings is 1. The number of amides is 1. The first-order valence-corrected chi connectivity index (χ1v) is 12.6. The van der Waals surface area contributed by atoms with E-state index in [1.807, 2.05) is 12.1 Å². The predicted octanol–water partition coefficient (Wildman–Crippen LogP) is 2.24. The van der Waals surface area contributed by atoms with Crippen LogP contribution in [-0.2, 0) is 22.0 Å². The molecule has 1 saturated carbocycles. The summed E-state index contributed by atoms with van der Waals surface area (Å²) in [6.07, 6.45) is 12.6. The van der Waals surface area contributed by atoms with Crippen LogP contribution in [0.1, 0.15) is 42.6 Å². The maximum atomic E-state index is 12.7. The number of ether oxygens (including phenoxy) is 1. The molecule has 1 aliphatic carbocycles. The van der Waals surface area contributed by atoms with E-state index in [1.54, 1.807) is 6.20 Å². The number of nitrogens with two attached hydrogens (primary N) is 1. The van der Waals surface area contributed by atoms with Gasteiger partial charge in [0.15, 0.2) is 0 Å². The zero-order valence-corrected chi connectivity index (χ0v) is 19.6. The minimum atomic E-state index is -1.15. The highest BCUT2D eigenvalue weighted by molar-refractivity contribution is 7.85. The van der Waals surface area contributed by atoms with Gasteiger partial charge in [0.1, 0.15) is 17.3 Å². The van der Waals surface area contributed by atoms with Crippen LogP contribution in [0.15, 0.2) is 29.3 Å². The third-order valence-electron chi connectivity index (χ3n) is 6.61. The Morgan fingerprint density at radius 2 is 2.18 bits per heavy atom. The van der Waals surface area contributed by atoms with Gasteiger partial charge in [-0.25, -0.2) is 9.78 Å². The minimum Gasteiger partial charge on any atom is -0.447 e. The van der Waals surface area contributed by atoms with Crippen LogP contribution in [0.2, 0.25) is 0 Å². The van der Waals surface area contributed by atoms with Crippen LogP contribution < -0.4 is 16.0 Å². The summed E-state index contributed by atoms with van der Waals surface area (Å²) >= 11 is 0. The van der Waals surface area contributed by atoms with Crippen molar-refractivity contribution in [2.24, 2.45) is 5.73 Å². The summed E-state index contributed by atoms with van der Waals surface area (Å²) in [7, 11) is -1.15. The molecular weight excluding hydrogens is 452 g/mol.